The Bertz CT molecular complexity index is 2200. The summed E-state index contributed by atoms with van der Waals surface area (Å²) in [6, 6.07) is 46.6. The largest absolute Gasteiger partial charge is 1.00 e. The molecule has 2 aromatic heterocycles. The van der Waals surface area contributed by atoms with Crippen LogP contribution in [0, 0.1) is 0 Å². The van der Waals surface area contributed by atoms with Crippen molar-refractivity contribution in [1.29, 1.82) is 0 Å². The van der Waals surface area contributed by atoms with E-state index in [1.165, 1.54) is 13.8 Å². The van der Waals surface area contributed by atoms with Crippen LogP contribution in [0.5, 0.6) is 0 Å². The van der Waals surface area contributed by atoms with Crippen molar-refractivity contribution in [2.45, 2.75) is 51.3 Å². The van der Waals surface area contributed by atoms with E-state index in [9.17, 15) is 15.0 Å². The summed E-state index contributed by atoms with van der Waals surface area (Å²) < 4.78 is 1.65. The van der Waals surface area contributed by atoms with Crippen LogP contribution in [-0.4, -0.2) is 40.8 Å². The monoisotopic (exact) mass is 726 g/mol. The van der Waals surface area contributed by atoms with Gasteiger partial charge in [-0.1, -0.05) is 146 Å². The third-order valence-electron chi connectivity index (χ3n) is 9.36. The summed E-state index contributed by atoms with van der Waals surface area (Å²) in [5, 5.41) is 37.5. The van der Waals surface area contributed by atoms with E-state index in [0.717, 1.165) is 45.4 Å². The third kappa shape index (κ3) is 7.48. The second-order valence-corrected chi connectivity index (χ2v) is 13.4. The zero-order valence-corrected chi connectivity index (χ0v) is 33.5. The molecular formula is C43H39KN6O3. The van der Waals surface area contributed by atoms with Gasteiger partial charge in [0.2, 0.25) is 5.82 Å². The first-order valence-electron chi connectivity index (χ1n) is 17.4. The molecule has 0 atom stereocenters. The average Bonchev–Trinajstić information content (AvgIpc) is 3.80. The van der Waals surface area contributed by atoms with Gasteiger partial charge in [0.05, 0.1) is 17.4 Å². The fourth-order valence-corrected chi connectivity index (χ4v) is 6.97. The standard InChI is InChI=1S/C43H40N6O3.K/c1-4-16-37-44-39(42(2,3)52)38(41(50)51)48(37)29-30-25-27-31(28-26-30)35-23-14-15-24-36(35)40-45-47-49(46-40)43(32-17-8-5-9-18-32,33-19-10-6-11-20-33)34-21-12-7-13-22-34;/h5-15,17-28,52H,4,16,29H2,1-3H3,(H,50,51);/q;+1/p-1. The van der Waals surface area contributed by atoms with E-state index in [4.69, 9.17) is 10.3 Å². The normalized spacial score (nSPS) is 11.6. The minimum atomic E-state index is -1.43. The summed E-state index contributed by atoms with van der Waals surface area (Å²) in [7, 11) is 0. The number of nitrogens with zero attached hydrogens (tertiary/aromatic N) is 6. The number of aromatic carboxylic acids is 1. The summed E-state index contributed by atoms with van der Waals surface area (Å²) in [5.41, 5.74) is 4.22. The van der Waals surface area contributed by atoms with Crippen LogP contribution >= 0.6 is 0 Å². The van der Waals surface area contributed by atoms with Crippen LogP contribution in [0.25, 0.3) is 22.5 Å². The molecule has 2 heterocycles. The summed E-state index contributed by atoms with van der Waals surface area (Å²) >= 11 is 0. The van der Waals surface area contributed by atoms with Crippen LogP contribution in [0.15, 0.2) is 140 Å². The van der Waals surface area contributed by atoms with E-state index in [0.29, 0.717) is 18.1 Å². The van der Waals surface area contributed by atoms with E-state index in [1.54, 1.807) is 9.36 Å². The Hall–Kier alpha value is -4.55. The van der Waals surface area contributed by atoms with Crippen molar-refractivity contribution in [3.05, 3.63) is 179 Å². The second-order valence-electron chi connectivity index (χ2n) is 13.4. The number of aryl methyl sites for hydroxylation is 1. The molecule has 0 unspecified atom stereocenters. The quantitative estimate of drug-likeness (QED) is 0.151. The number of benzene rings is 5. The van der Waals surface area contributed by atoms with Crippen molar-refractivity contribution in [2.75, 3.05) is 0 Å². The molecule has 260 valence electrons. The Morgan fingerprint density at radius 3 is 1.74 bits per heavy atom. The number of hydrogen-bond acceptors (Lipinski definition) is 7. The van der Waals surface area contributed by atoms with Gasteiger partial charge in [-0.3, -0.25) is 0 Å². The maximum Gasteiger partial charge on any atom is 1.00 e. The van der Waals surface area contributed by atoms with Gasteiger partial charge in [-0.25, -0.2) is 4.98 Å². The molecule has 0 aliphatic rings. The first kappa shape index (κ1) is 38.2. The number of rotatable bonds is 12. The number of tetrazole rings is 1. The van der Waals surface area contributed by atoms with Crippen LogP contribution in [0.4, 0.5) is 0 Å². The Labute approximate surface area is 351 Å². The average molecular weight is 727 g/mol. The first-order chi connectivity index (χ1) is 25.2. The molecule has 7 aromatic rings. The van der Waals surface area contributed by atoms with E-state index < -0.39 is 17.1 Å². The number of aliphatic hydroxyl groups is 1. The Morgan fingerprint density at radius 2 is 1.25 bits per heavy atom. The van der Waals surface area contributed by atoms with Crippen LogP contribution in [0.2, 0.25) is 0 Å². The van der Waals surface area contributed by atoms with Gasteiger partial charge in [-0.2, -0.15) is 0 Å². The maximum atomic E-state index is 12.3. The minimum Gasteiger partial charge on any atom is -0.543 e. The predicted octanol–water partition coefficient (Wildman–Crippen LogP) is 3.64. The van der Waals surface area contributed by atoms with Gasteiger partial charge in [-0.15, -0.1) is 15.0 Å². The van der Waals surface area contributed by atoms with Crippen LogP contribution in [0.1, 0.15) is 71.5 Å². The molecule has 0 saturated heterocycles. The van der Waals surface area contributed by atoms with E-state index >= 15 is 0 Å². The number of carbonyl (C=O) groups is 1. The predicted molar refractivity (Wildman–Crippen MR) is 198 cm³/mol. The third-order valence-corrected chi connectivity index (χ3v) is 9.36. The molecule has 0 radical (unpaired) electrons. The second kappa shape index (κ2) is 16.2. The number of carboxylic acids is 1. The van der Waals surface area contributed by atoms with Crippen LogP contribution in [0.3, 0.4) is 0 Å². The van der Waals surface area contributed by atoms with Crippen molar-refractivity contribution >= 4 is 5.97 Å². The number of aromatic nitrogens is 6. The van der Waals surface area contributed by atoms with Gasteiger partial charge in [-0.05, 0) is 58.9 Å². The van der Waals surface area contributed by atoms with E-state index in [-0.39, 0.29) is 69.3 Å². The fourth-order valence-electron chi connectivity index (χ4n) is 6.97. The van der Waals surface area contributed by atoms with Crippen molar-refractivity contribution in [3.8, 4) is 22.5 Å². The Balaban J connectivity index is 0.00000481. The maximum absolute atomic E-state index is 12.3. The van der Waals surface area contributed by atoms with Gasteiger partial charge in [0, 0.05) is 18.5 Å². The zero-order valence-electron chi connectivity index (χ0n) is 30.3. The number of carbonyl (C=O) groups excluding carboxylic acids is 1. The Morgan fingerprint density at radius 1 is 0.736 bits per heavy atom. The number of hydrogen-bond donors (Lipinski definition) is 1. The van der Waals surface area contributed by atoms with Crippen molar-refractivity contribution < 1.29 is 66.4 Å². The molecule has 9 nitrogen and oxygen atoms in total. The SMILES string of the molecule is CCCc1nc(C(C)(C)O)c(C(=O)[O-])n1Cc1ccc(-c2ccccc2-c2nnn(C(c3ccccc3)(c3ccccc3)c3ccccc3)n2)cc1.[K+]. The molecule has 10 heteroatoms. The summed E-state index contributed by atoms with van der Waals surface area (Å²) in [6.07, 6.45) is 1.34. The van der Waals surface area contributed by atoms with Gasteiger partial charge >= 0.3 is 51.4 Å². The molecule has 53 heavy (non-hydrogen) atoms. The Kier molecular flexibility index (Phi) is 11.7. The topological polar surface area (TPSA) is 122 Å². The number of imidazole rings is 1. The summed E-state index contributed by atoms with van der Waals surface area (Å²) in [5.74, 6) is -0.291. The van der Waals surface area contributed by atoms with Crippen molar-refractivity contribution in [2.24, 2.45) is 0 Å². The zero-order chi connectivity index (χ0) is 36.3. The van der Waals surface area contributed by atoms with Gasteiger partial charge < -0.3 is 19.6 Å². The molecule has 0 saturated carbocycles. The van der Waals surface area contributed by atoms with Gasteiger partial charge in [0.1, 0.15) is 11.4 Å². The molecule has 0 fully saturated rings. The molecule has 0 aliphatic carbocycles. The molecule has 7 rings (SSSR count). The van der Waals surface area contributed by atoms with Crippen LogP contribution < -0.4 is 56.5 Å². The number of carboxylic acid groups (broad SMARTS) is 1. The molecule has 0 spiro atoms. The van der Waals surface area contributed by atoms with Gasteiger partial charge in [0.15, 0.2) is 5.54 Å². The minimum absolute atomic E-state index is 0. The van der Waals surface area contributed by atoms with Crippen molar-refractivity contribution in [3.63, 3.8) is 0 Å². The van der Waals surface area contributed by atoms with Gasteiger partial charge in [0.25, 0.3) is 0 Å². The molecule has 1 N–H and O–H groups in total. The van der Waals surface area contributed by atoms with Crippen molar-refractivity contribution in [1.82, 2.24) is 29.8 Å². The molecular weight excluding hydrogens is 688 g/mol. The summed E-state index contributed by atoms with van der Waals surface area (Å²) in [6.45, 7) is 5.34. The van der Waals surface area contributed by atoms with Crippen LogP contribution in [-0.2, 0) is 24.1 Å². The molecule has 0 aliphatic heterocycles. The summed E-state index contributed by atoms with van der Waals surface area (Å²) in [4.78, 5) is 18.6. The first-order valence-corrected chi connectivity index (χ1v) is 17.4. The molecule has 0 bridgehead atoms. The molecule has 5 aromatic carbocycles. The van der Waals surface area contributed by atoms with E-state index in [1.807, 2.05) is 110 Å². The van der Waals surface area contributed by atoms with E-state index in [2.05, 4.69) is 46.5 Å². The molecule has 0 amide bonds. The smallest absolute Gasteiger partial charge is 0.543 e. The fraction of sp³-hybridized carbons (Fsp3) is 0.186.